The predicted molar refractivity (Wildman–Crippen MR) is 334 cm³/mol. The number of allylic oxidation sites excluding steroid dienone is 3. The van der Waals surface area contributed by atoms with Crippen LogP contribution in [0, 0.1) is 43.4 Å². The third-order valence-corrected chi connectivity index (χ3v) is 18.0. The number of nitrogens with one attached hydrogen (secondary N) is 1. The Bertz CT molecular complexity index is 2810. The summed E-state index contributed by atoms with van der Waals surface area (Å²) in [6.45, 7) is 40.6. The lowest BCUT2D eigenvalue weighted by molar-refractivity contribution is -0.336. The van der Waals surface area contributed by atoms with E-state index in [-0.39, 0.29) is 83.1 Å². The van der Waals surface area contributed by atoms with E-state index < -0.39 is 106 Å². The molecule has 21 heteroatoms. The van der Waals surface area contributed by atoms with Crippen molar-refractivity contribution in [2.45, 2.75) is 165 Å². The molecule has 1 fully saturated rings. The number of carbonyl (C=O) groups is 6. The fourth-order valence-corrected chi connectivity index (χ4v) is 11.7. The van der Waals surface area contributed by atoms with Crippen molar-refractivity contribution in [3.05, 3.63) is 77.5 Å². The summed E-state index contributed by atoms with van der Waals surface area (Å²) < 4.78 is 72.8. The third kappa shape index (κ3) is 20.4. The zero-order chi connectivity index (χ0) is 64.5. The van der Waals surface area contributed by atoms with Gasteiger partial charge in [0, 0.05) is 82.9 Å². The fourth-order valence-electron chi connectivity index (χ4n) is 10.3. The number of fused-ring (bicyclic) bond motifs is 1. The van der Waals surface area contributed by atoms with Gasteiger partial charge in [0.2, 0.25) is 0 Å². The van der Waals surface area contributed by atoms with Crippen LogP contribution in [0.3, 0.4) is 0 Å². The number of rotatable bonds is 32. The molecular weight excluding hydrogens is 1130 g/mol. The van der Waals surface area contributed by atoms with E-state index in [1.54, 1.807) is 79.7 Å². The number of esters is 4. The molecule has 474 valence electrons. The Kier molecular flexibility index (Phi) is 27.9. The summed E-state index contributed by atoms with van der Waals surface area (Å²) in [5.74, 6) is -7.95. The van der Waals surface area contributed by atoms with E-state index in [2.05, 4.69) is 57.8 Å². The molecule has 1 heterocycles. The van der Waals surface area contributed by atoms with Crippen LogP contribution in [-0.2, 0) is 57.1 Å². The van der Waals surface area contributed by atoms with Crippen molar-refractivity contribution < 1.29 is 85.6 Å². The minimum Gasteiger partial charge on any atom is -0.496 e. The van der Waals surface area contributed by atoms with E-state index in [1.807, 2.05) is 19.9 Å². The number of hydrogen-bond acceptors (Lipinski definition) is 18. The van der Waals surface area contributed by atoms with Gasteiger partial charge in [0.05, 0.1) is 56.3 Å². The number of amides is 1. The molecule has 0 aromatic heterocycles. The van der Waals surface area contributed by atoms with Gasteiger partial charge in [0.15, 0.2) is 24.1 Å². The molecule has 0 spiro atoms. The molecule has 1 aliphatic rings. The molecule has 1 N–H and O–H groups in total. The molecule has 0 unspecified atom stereocenters. The number of ketones is 1. The highest BCUT2D eigenvalue weighted by Crippen LogP contribution is 2.54. The first-order valence-electron chi connectivity index (χ1n) is 28.9. The second-order valence-electron chi connectivity index (χ2n) is 24.7. The van der Waals surface area contributed by atoms with Gasteiger partial charge in [-0.05, 0) is 59.2 Å². The van der Waals surface area contributed by atoms with E-state index in [1.165, 1.54) is 41.3 Å². The number of hydrogen-bond donors (Lipinski definition) is 1. The Balaban J connectivity index is 2.32. The highest BCUT2D eigenvalue weighted by atomic mass is 28.3. The summed E-state index contributed by atoms with van der Waals surface area (Å²) in [6, 6.07) is 1.58. The van der Waals surface area contributed by atoms with Gasteiger partial charge in [0.25, 0.3) is 0 Å². The van der Waals surface area contributed by atoms with Crippen molar-refractivity contribution in [1.82, 2.24) is 0 Å². The topological polar surface area (TPSA) is 225 Å². The first kappa shape index (κ1) is 73.0. The largest absolute Gasteiger partial charge is 0.496 e. The Labute approximate surface area is 506 Å². The Hall–Kier alpha value is -6.27. The normalized spacial score (nSPS) is 18.6. The number of carbonyl (C=O) groups excluding carboxylic acids is 6. The highest BCUT2D eigenvalue weighted by Gasteiger charge is 2.54. The molecule has 0 radical (unpaired) electrons. The van der Waals surface area contributed by atoms with Crippen molar-refractivity contribution in [3.63, 3.8) is 0 Å². The maximum atomic E-state index is 15.6. The maximum Gasteiger partial charge on any atom is 0.411 e. The lowest BCUT2D eigenvalue weighted by Crippen LogP contribution is -2.59. The molecule has 2 aromatic carbocycles. The van der Waals surface area contributed by atoms with Crippen LogP contribution in [0.5, 0.6) is 23.0 Å². The number of ether oxygens (including phenoxy) is 12. The monoisotopic (exact) mass is 1220 g/mol. The van der Waals surface area contributed by atoms with E-state index in [4.69, 9.17) is 56.8 Å². The second kappa shape index (κ2) is 32.5. The smallest absolute Gasteiger partial charge is 0.411 e. The van der Waals surface area contributed by atoms with Crippen LogP contribution in [0.15, 0.2) is 60.8 Å². The van der Waals surface area contributed by atoms with Crippen molar-refractivity contribution in [3.8, 4) is 23.0 Å². The standard InChI is InChI=1S/C64H97NO18Si2/c1-24-29-75-57-44(10)56(79-36-72-15)48(47-49(57)60(74-17)51(41(7)55(47)73-16)65-63(71)78-32-34-85(21,22)23)52(68)39(5)35-40(6)53(80-45(11)66)42(8)58(81-46(12)67)50(62(70)76-30-25-2)59-43(9)54(82-64(13,14)83-59)37(3)27-26-28-38(4)61(69)77-31-33-84(18,19)20/h24-28,35,37,40,42-43,50,53-54,58-59H,1-2,29-34,36H2,3-23H3,(H,65,71)/b27-26-,38-28+,39-35+/t37-,40+,42-,43-,50+,53+,54-,58-,59-/m1/s1. The van der Waals surface area contributed by atoms with Crippen LogP contribution in [0.2, 0.25) is 51.4 Å². The van der Waals surface area contributed by atoms with Gasteiger partial charge in [-0.25, -0.2) is 9.59 Å². The molecule has 19 nitrogen and oxygen atoms in total. The van der Waals surface area contributed by atoms with Gasteiger partial charge in [-0.1, -0.05) is 117 Å². The van der Waals surface area contributed by atoms with Crippen LogP contribution in [-0.4, -0.2) is 137 Å². The van der Waals surface area contributed by atoms with Crippen LogP contribution < -0.4 is 24.3 Å². The first-order valence-corrected chi connectivity index (χ1v) is 36.3. The van der Waals surface area contributed by atoms with Crippen LogP contribution in [0.4, 0.5) is 10.5 Å². The maximum absolute atomic E-state index is 15.6. The average Bonchev–Trinajstić information content (AvgIpc) is 0.786. The lowest BCUT2D eigenvalue weighted by Gasteiger charge is -2.50. The minimum absolute atomic E-state index is 0.0206. The van der Waals surface area contributed by atoms with Gasteiger partial charge in [0.1, 0.15) is 48.6 Å². The molecule has 3 rings (SSSR count). The lowest BCUT2D eigenvalue weighted by atomic mass is 9.75. The Morgan fingerprint density at radius 1 is 0.694 bits per heavy atom. The first-order chi connectivity index (χ1) is 39.6. The molecule has 1 amide bonds. The molecule has 2 aromatic rings. The number of Topliss-reactive ketones (excluding diaryl/α,β-unsaturated/α-hetero) is 1. The van der Waals surface area contributed by atoms with Crippen LogP contribution in [0.25, 0.3) is 10.8 Å². The van der Waals surface area contributed by atoms with Crippen molar-refractivity contribution in [1.29, 1.82) is 0 Å². The molecular formula is C64H97NO18Si2. The molecule has 85 heavy (non-hydrogen) atoms. The van der Waals surface area contributed by atoms with E-state index in [0.29, 0.717) is 23.3 Å². The molecule has 0 aliphatic carbocycles. The summed E-state index contributed by atoms with van der Waals surface area (Å²) in [6.07, 6.45) is 5.01. The molecule has 9 atom stereocenters. The average molecular weight is 1220 g/mol. The van der Waals surface area contributed by atoms with Gasteiger partial charge >= 0.3 is 30.0 Å². The molecule has 0 bridgehead atoms. The molecule has 1 aliphatic heterocycles. The fraction of sp³-hybridized carbons (Fsp3) is 0.594. The van der Waals surface area contributed by atoms with E-state index in [9.17, 15) is 24.0 Å². The summed E-state index contributed by atoms with van der Waals surface area (Å²) in [4.78, 5) is 83.4. The highest BCUT2D eigenvalue weighted by molar-refractivity contribution is 6.76. The van der Waals surface area contributed by atoms with Gasteiger partial charge in [-0.3, -0.25) is 24.5 Å². The zero-order valence-electron chi connectivity index (χ0n) is 54.4. The minimum atomic E-state index is -1.56. The summed E-state index contributed by atoms with van der Waals surface area (Å²) >= 11 is 0. The van der Waals surface area contributed by atoms with Gasteiger partial charge in [-0.15, -0.1) is 0 Å². The third-order valence-electron chi connectivity index (χ3n) is 14.6. The summed E-state index contributed by atoms with van der Waals surface area (Å²) in [5.41, 5.74) is 1.55. The number of anilines is 1. The van der Waals surface area contributed by atoms with Crippen LogP contribution in [0.1, 0.15) is 90.7 Å². The van der Waals surface area contributed by atoms with Crippen molar-refractivity contribution in [2.75, 3.05) is 59.9 Å². The Morgan fingerprint density at radius 3 is 1.80 bits per heavy atom. The van der Waals surface area contributed by atoms with Crippen molar-refractivity contribution in [2.24, 2.45) is 29.6 Å². The summed E-state index contributed by atoms with van der Waals surface area (Å²) in [7, 11) is 1.31. The SMILES string of the molecule is C=CCOC(=O)[C@@H]([C@H](OC(C)=O)[C@H](C)[C@@H](OC(C)=O)[C@@H](C)/C=C(\C)C(=O)c1c(OCOC)c(C)c(OCC=C)c2c(OC)c(NC(=O)OCC[Si](C)(C)C)c(C)c(OC)c12)[C@@H]1OC(C)(C)O[C@H]([C@H](C)/C=C\C=C(/C)C(=O)OCC[Si](C)(C)C)[C@H]1C. The Morgan fingerprint density at radius 2 is 1.26 bits per heavy atom. The quantitative estimate of drug-likeness (QED) is 0.0105. The molecule has 0 saturated carbocycles. The van der Waals surface area contributed by atoms with Crippen molar-refractivity contribution >= 4 is 68.4 Å². The van der Waals surface area contributed by atoms with E-state index >= 15 is 4.79 Å². The van der Waals surface area contributed by atoms with Gasteiger partial charge < -0.3 is 56.8 Å². The summed E-state index contributed by atoms with van der Waals surface area (Å²) in [5, 5.41) is 3.34. The van der Waals surface area contributed by atoms with Crippen LogP contribution >= 0.6 is 0 Å². The van der Waals surface area contributed by atoms with E-state index in [0.717, 1.165) is 12.1 Å². The predicted octanol–water partition coefficient (Wildman–Crippen LogP) is 12.7. The number of methoxy groups -OCH3 is 3. The second-order valence-corrected chi connectivity index (χ2v) is 35.9. The van der Waals surface area contributed by atoms with Gasteiger partial charge in [-0.2, -0.15) is 0 Å². The number of benzene rings is 2. The molecule has 1 saturated heterocycles. The zero-order valence-corrected chi connectivity index (χ0v) is 56.4.